The molecule has 0 aliphatic heterocycles. The van der Waals surface area contributed by atoms with Gasteiger partial charge in [-0.25, -0.2) is 9.18 Å². The lowest BCUT2D eigenvalue weighted by Crippen LogP contribution is -2.02. The Morgan fingerprint density at radius 3 is 2.85 bits per heavy atom. The van der Waals surface area contributed by atoms with Crippen molar-refractivity contribution in [1.29, 1.82) is 5.26 Å². The van der Waals surface area contributed by atoms with Crippen molar-refractivity contribution >= 4 is 23.8 Å². The van der Waals surface area contributed by atoms with Crippen LogP contribution in [0.25, 0.3) is 11.1 Å². The molecule has 2 aromatic rings. The van der Waals surface area contributed by atoms with Crippen LogP contribution in [-0.2, 0) is 11.2 Å². The number of pyridine rings is 1. The van der Waals surface area contributed by atoms with Gasteiger partial charge >= 0.3 is 5.97 Å². The summed E-state index contributed by atoms with van der Waals surface area (Å²) in [6, 6.07) is 7.95. The van der Waals surface area contributed by atoms with E-state index in [4.69, 9.17) is 16.7 Å². The summed E-state index contributed by atoms with van der Waals surface area (Å²) in [4.78, 5) is 19.0. The highest BCUT2D eigenvalue weighted by Gasteiger charge is 2.10. The number of carboxylic acids is 1. The summed E-state index contributed by atoms with van der Waals surface area (Å²) >= 11 is 5.80. The third-order valence-corrected chi connectivity index (χ3v) is 3.88. The Balaban J connectivity index is 2.23. The fourth-order valence-corrected chi connectivity index (χ4v) is 2.51. The fourth-order valence-electron chi connectivity index (χ4n) is 2.33. The van der Waals surface area contributed by atoms with E-state index in [0.717, 1.165) is 0 Å². The van der Waals surface area contributed by atoms with Gasteiger partial charge in [0.1, 0.15) is 5.82 Å². The normalized spacial score (nSPS) is 11.5. The summed E-state index contributed by atoms with van der Waals surface area (Å²) in [6.07, 6.45) is 5.27. The van der Waals surface area contributed by atoms with Crippen molar-refractivity contribution < 1.29 is 14.3 Å². The maximum Gasteiger partial charge on any atom is 0.336 e. The first kappa shape index (κ1) is 19.3. The number of hydrogen-bond donors (Lipinski definition) is 1. The van der Waals surface area contributed by atoms with Crippen molar-refractivity contribution in [3.8, 4) is 17.2 Å². The quantitative estimate of drug-likeness (QED) is 0.612. The molecule has 0 amide bonds. The van der Waals surface area contributed by atoms with E-state index in [1.807, 2.05) is 0 Å². The summed E-state index contributed by atoms with van der Waals surface area (Å²) in [6.45, 7) is 0. The van der Waals surface area contributed by atoms with Crippen molar-refractivity contribution in [2.45, 2.75) is 12.8 Å². The largest absolute Gasteiger partial charge is 0.478 e. The van der Waals surface area contributed by atoms with E-state index in [2.05, 4.69) is 16.0 Å². The summed E-state index contributed by atoms with van der Waals surface area (Å²) < 4.78 is 13.3. The number of aryl methyl sites for hydroxylation is 1. The molecule has 0 unspecified atom stereocenters. The molecule has 0 radical (unpaired) electrons. The van der Waals surface area contributed by atoms with E-state index in [1.54, 1.807) is 12.1 Å². The molecule has 0 atom stereocenters. The zero-order valence-electron chi connectivity index (χ0n) is 13.9. The number of hydrogen-bond acceptors (Lipinski definition) is 4. The van der Waals surface area contributed by atoms with Gasteiger partial charge in [-0.2, -0.15) is 5.26 Å². The van der Waals surface area contributed by atoms with E-state index >= 15 is 0 Å². The van der Waals surface area contributed by atoms with Gasteiger partial charge in [-0.3, -0.25) is 9.98 Å². The highest BCUT2D eigenvalue weighted by molar-refractivity contribution is 6.31. The maximum absolute atomic E-state index is 13.3. The Hall–Kier alpha value is -3.04. The van der Waals surface area contributed by atoms with Crippen LogP contribution in [0.3, 0.4) is 0 Å². The first-order valence-electron chi connectivity index (χ1n) is 7.66. The average Bonchev–Trinajstić information content (AvgIpc) is 2.63. The van der Waals surface area contributed by atoms with Crippen molar-refractivity contribution in [3.63, 3.8) is 0 Å². The lowest BCUT2D eigenvalue weighted by atomic mass is 10.0. The number of carboxylic acid groups (broad SMARTS) is 1. The number of nitriles is 1. The van der Waals surface area contributed by atoms with E-state index in [-0.39, 0.29) is 10.6 Å². The van der Waals surface area contributed by atoms with Gasteiger partial charge in [0.25, 0.3) is 0 Å². The van der Waals surface area contributed by atoms with Crippen LogP contribution in [-0.4, -0.2) is 29.3 Å². The molecule has 0 aliphatic carbocycles. The van der Waals surface area contributed by atoms with Gasteiger partial charge in [0.15, 0.2) is 0 Å². The molecule has 0 bridgehead atoms. The Morgan fingerprint density at radius 1 is 1.46 bits per heavy atom. The molecule has 0 fully saturated rings. The van der Waals surface area contributed by atoms with Crippen molar-refractivity contribution in [3.05, 3.63) is 64.2 Å². The van der Waals surface area contributed by atoms with Gasteiger partial charge in [-0.15, -0.1) is 0 Å². The Kier molecular flexibility index (Phi) is 6.59. The number of allylic oxidation sites excluding steroid dienone is 1. The second-order valence-corrected chi connectivity index (χ2v) is 5.76. The van der Waals surface area contributed by atoms with Crippen molar-refractivity contribution in [1.82, 2.24) is 4.98 Å². The number of rotatable bonds is 6. The highest BCUT2D eigenvalue weighted by atomic mass is 35.5. The van der Waals surface area contributed by atoms with E-state index in [1.165, 1.54) is 37.7 Å². The van der Waals surface area contributed by atoms with E-state index in [0.29, 0.717) is 35.2 Å². The lowest BCUT2D eigenvalue weighted by Gasteiger charge is -2.07. The lowest BCUT2D eigenvalue weighted by molar-refractivity contribution is -0.132. The molecule has 5 nitrogen and oxygen atoms in total. The molecule has 0 saturated carbocycles. The van der Waals surface area contributed by atoms with Gasteiger partial charge in [0.05, 0.1) is 22.2 Å². The minimum Gasteiger partial charge on any atom is -0.478 e. The zero-order valence-corrected chi connectivity index (χ0v) is 14.7. The molecule has 7 heteroatoms. The number of halogens is 2. The molecule has 1 heterocycles. The zero-order chi connectivity index (χ0) is 19.1. The first-order chi connectivity index (χ1) is 12.5. The number of carbonyl (C=O) groups is 1. The van der Waals surface area contributed by atoms with Crippen LogP contribution in [0.5, 0.6) is 0 Å². The molecular weight excluding hydrogens is 357 g/mol. The van der Waals surface area contributed by atoms with Crippen molar-refractivity contribution in [2.75, 3.05) is 7.05 Å². The van der Waals surface area contributed by atoms with Gasteiger partial charge in [0.2, 0.25) is 0 Å². The minimum atomic E-state index is -1.05. The molecule has 1 aromatic heterocycles. The van der Waals surface area contributed by atoms with Crippen LogP contribution in [0, 0.1) is 17.1 Å². The first-order valence-corrected chi connectivity index (χ1v) is 8.04. The Morgan fingerprint density at radius 2 is 2.23 bits per heavy atom. The third kappa shape index (κ3) is 4.74. The SMILES string of the molecule is C/N=C\C(=C/CCc1cc(C#N)c(-c2ccc(F)c(Cl)c2)cn1)C(=O)O. The number of aromatic nitrogens is 1. The van der Waals surface area contributed by atoms with Crippen LogP contribution in [0.4, 0.5) is 4.39 Å². The molecular formula is C19H15ClFN3O2. The third-order valence-electron chi connectivity index (χ3n) is 3.59. The molecule has 1 aromatic carbocycles. The molecule has 26 heavy (non-hydrogen) atoms. The molecule has 2 rings (SSSR count). The smallest absolute Gasteiger partial charge is 0.336 e. The van der Waals surface area contributed by atoms with Gasteiger partial charge < -0.3 is 5.11 Å². The average molecular weight is 372 g/mol. The summed E-state index contributed by atoms with van der Waals surface area (Å²) in [5.41, 5.74) is 2.28. The molecule has 1 N–H and O–H groups in total. The van der Waals surface area contributed by atoms with E-state index in [9.17, 15) is 14.4 Å². The van der Waals surface area contributed by atoms with Gasteiger partial charge in [0, 0.05) is 30.7 Å². The second-order valence-electron chi connectivity index (χ2n) is 5.35. The monoisotopic (exact) mass is 371 g/mol. The number of aliphatic carboxylic acids is 1. The van der Waals surface area contributed by atoms with Gasteiger partial charge in [-0.05, 0) is 36.6 Å². The minimum absolute atomic E-state index is 0.0283. The number of aliphatic imine (C=N–C) groups is 1. The fraction of sp³-hybridized carbons (Fsp3) is 0.158. The van der Waals surface area contributed by atoms with Crippen LogP contribution >= 0.6 is 11.6 Å². The van der Waals surface area contributed by atoms with Gasteiger partial charge in [-0.1, -0.05) is 23.7 Å². The predicted molar refractivity (Wildman–Crippen MR) is 97.8 cm³/mol. The topological polar surface area (TPSA) is 86.3 Å². The van der Waals surface area contributed by atoms with E-state index < -0.39 is 11.8 Å². The Bertz CT molecular complexity index is 933. The number of nitrogens with zero attached hydrogens (tertiary/aromatic N) is 3. The van der Waals surface area contributed by atoms with Crippen molar-refractivity contribution in [2.24, 2.45) is 4.99 Å². The van der Waals surface area contributed by atoms with Crippen LogP contribution in [0.2, 0.25) is 5.02 Å². The van der Waals surface area contributed by atoms with Crippen LogP contribution in [0.1, 0.15) is 17.7 Å². The molecule has 0 saturated heterocycles. The second kappa shape index (κ2) is 8.88. The summed E-state index contributed by atoms with van der Waals surface area (Å²) in [5, 5.41) is 18.4. The number of benzene rings is 1. The Labute approximate surface area is 155 Å². The molecule has 0 aliphatic rings. The van der Waals surface area contributed by atoms with Crippen LogP contribution in [0.15, 0.2) is 47.1 Å². The summed E-state index contributed by atoms with van der Waals surface area (Å²) in [7, 11) is 1.50. The molecule has 132 valence electrons. The molecule has 0 spiro atoms. The maximum atomic E-state index is 13.3. The highest BCUT2D eigenvalue weighted by Crippen LogP contribution is 2.27. The summed E-state index contributed by atoms with van der Waals surface area (Å²) in [5.74, 6) is -1.58. The standard InChI is InChI=1S/C19H15ClFN3O2/c1-23-10-13(19(25)26)3-2-4-15-7-14(9-22)16(11-24-15)12-5-6-18(21)17(20)8-12/h3,5-8,10-11H,2,4H2,1H3,(H,25,26)/b13-3+,23-10-. The predicted octanol–water partition coefficient (Wildman–Crippen LogP) is 4.06. The van der Waals surface area contributed by atoms with Crippen LogP contribution < -0.4 is 0 Å².